The van der Waals surface area contributed by atoms with E-state index in [0.717, 1.165) is 5.56 Å². The molecule has 0 amide bonds. The highest BCUT2D eigenvalue weighted by Crippen LogP contribution is 2.45. The predicted octanol–water partition coefficient (Wildman–Crippen LogP) is 3.09. The number of anilines is 1. The second kappa shape index (κ2) is 10.6. The van der Waals surface area contributed by atoms with E-state index in [2.05, 4.69) is 20.8 Å². The first-order chi connectivity index (χ1) is 19.0. The number of methoxy groups -OCH3 is 1. The minimum Gasteiger partial charge on any atom is -0.379 e. The molecule has 5 unspecified atom stereocenters. The summed E-state index contributed by atoms with van der Waals surface area (Å²) in [4.78, 5) is 10.4. The van der Waals surface area contributed by atoms with Gasteiger partial charge >= 0.3 is 0 Å². The van der Waals surface area contributed by atoms with Crippen molar-refractivity contribution in [3.63, 3.8) is 0 Å². The van der Waals surface area contributed by atoms with Crippen LogP contribution in [-0.2, 0) is 19.5 Å². The van der Waals surface area contributed by atoms with E-state index in [1.165, 1.54) is 10.6 Å². The van der Waals surface area contributed by atoms with Gasteiger partial charge in [-0.25, -0.2) is 27.5 Å². The van der Waals surface area contributed by atoms with Gasteiger partial charge in [-0.15, -0.1) is 0 Å². The summed E-state index contributed by atoms with van der Waals surface area (Å²) in [5, 5.41) is 0.897. The summed E-state index contributed by atoms with van der Waals surface area (Å²) in [6.07, 6.45) is 6.70. The Morgan fingerprint density at radius 1 is 1.10 bits per heavy atom. The molecule has 0 bridgehead atoms. The maximum atomic E-state index is 15.3. The van der Waals surface area contributed by atoms with Crippen LogP contribution in [0.4, 0.5) is 10.2 Å². The largest absolute Gasteiger partial charge is 0.379 e. The smallest absolute Gasteiger partial charge is 0.211 e. The third-order valence-electron chi connectivity index (χ3n) is 8.80. The molecule has 0 aromatic carbocycles. The van der Waals surface area contributed by atoms with E-state index in [-0.39, 0.29) is 47.5 Å². The normalized spacial score (nSPS) is 30.6. The number of halogens is 3. The number of ether oxygens (including phenoxy) is 2. The Labute approximate surface area is 243 Å². The fraction of sp³-hybridized carbons (Fsp3) is 0.615. The van der Waals surface area contributed by atoms with Gasteiger partial charge in [-0.2, -0.15) is 0 Å². The van der Waals surface area contributed by atoms with Crippen molar-refractivity contribution in [2.24, 2.45) is 11.3 Å². The number of nitrogens with one attached hydrogen (secondary N) is 2. The highest BCUT2D eigenvalue weighted by Gasteiger charge is 2.55. The first-order valence-electron chi connectivity index (χ1n) is 13.3. The summed E-state index contributed by atoms with van der Waals surface area (Å²) in [6, 6.07) is 1.51. The molecule has 1 saturated carbocycles. The number of fused-ring (bicyclic) bond motifs is 1. The standard InChI is InChI=1S/C26H33Cl2FN6O4S/c1-14(23-17(27)8-30-9-18(23)28)39-22-5-16-20(6-21(22)38-2)32-33-24(16)15-4-19(29)25(31-7-15)34-10-26(11-34)12-35(13-26)40(3,36)37/h4,7-9,14,16,20-22,24,32-33H,5-6,10-13H2,1-3H3/t14-,16?,20?,21?,22?,24?/m1/s1. The van der Waals surface area contributed by atoms with Crippen LogP contribution in [0, 0.1) is 17.2 Å². The minimum absolute atomic E-state index is 0.100. The number of aromatic nitrogens is 2. The quantitative estimate of drug-likeness (QED) is 0.486. The average Bonchev–Trinajstić information content (AvgIpc) is 3.24. The van der Waals surface area contributed by atoms with Gasteiger partial charge in [0, 0.05) is 68.9 Å². The lowest BCUT2D eigenvalue weighted by Crippen LogP contribution is -2.73. The summed E-state index contributed by atoms with van der Waals surface area (Å²) in [5.74, 6) is 0.0352. The predicted molar refractivity (Wildman–Crippen MR) is 149 cm³/mol. The molecule has 2 aromatic heterocycles. The molecule has 1 aliphatic carbocycles. The first-order valence-corrected chi connectivity index (χ1v) is 15.9. The molecule has 6 rings (SSSR count). The Kier molecular flexibility index (Phi) is 7.52. The molecule has 218 valence electrons. The first kappa shape index (κ1) is 28.5. The Morgan fingerprint density at radius 3 is 2.42 bits per heavy atom. The molecule has 40 heavy (non-hydrogen) atoms. The van der Waals surface area contributed by atoms with E-state index in [1.54, 1.807) is 31.8 Å². The number of pyridine rings is 2. The highest BCUT2D eigenvalue weighted by atomic mass is 35.5. The van der Waals surface area contributed by atoms with Crippen LogP contribution in [0.2, 0.25) is 10.0 Å². The fourth-order valence-corrected chi connectivity index (χ4v) is 8.45. The van der Waals surface area contributed by atoms with Crippen LogP contribution in [0.1, 0.15) is 43.0 Å². The number of hydrogen-bond acceptors (Lipinski definition) is 9. The molecule has 3 aliphatic heterocycles. The van der Waals surface area contributed by atoms with Crippen LogP contribution in [-0.4, -0.2) is 80.5 Å². The molecule has 4 fully saturated rings. The van der Waals surface area contributed by atoms with Crippen molar-refractivity contribution in [3.8, 4) is 0 Å². The third-order valence-corrected chi connectivity index (χ3v) is 10.6. The molecule has 2 N–H and O–H groups in total. The summed E-state index contributed by atoms with van der Waals surface area (Å²) in [5.41, 5.74) is 8.05. The van der Waals surface area contributed by atoms with E-state index >= 15 is 4.39 Å². The Balaban J connectivity index is 1.13. The van der Waals surface area contributed by atoms with Crippen LogP contribution in [0.15, 0.2) is 24.7 Å². The van der Waals surface area contributed by atoms with E-state index in [4.69, 9.17) is 32.7 Å². The number of hydrazine groups is 1. The molecule has 1 spiro atoms. The summed E-state index contributed by atoms with van der Waals surface area (Å²) in [7, 11) is -1.50. The number of nitrogens with zero attached hydrogens (tertiary/aromatic N) is 4. The Bertz CT molecular complexity index is 1370. The SMILES string of the molecule is COC1CC2NNC(c3cnc(N4CC5(C4)CN(S(C)(=O)=O)C5)c(F)c3)C2CC1O[C@H](C)c1c(Cl)cncc1Cl. The molecule has 6 atom stereocenters. The highest BCUT2D eigenvalue weighted by molar-refractivity contribution is 7.88. The van der Waals surface area contributed by atoms with Gasteiger partial charge in [0.05, 0.1) is 40.7 Å². The van der Waals surface area contributed by atoms with Crippen molar-refractivity contribution in [2.45, 2.75) is 50.2 Å². The lowest BCUT2D eigenvalue weighted by molar-refractivity contribution is -0.117. The number of sulfonamides is 1. The van der Waals surface area contributed by atoms with Crippen LogP contribution in [0.5, 0.6) is 0 Å². The maximum Gasteiger partial charge on any atom is 0.211 e. The molecular weight excluding hydrogens is 582 g/mol. The molecule has 5 heterocycles. The van der Waals surface area contributed by atoms with Crippen molar-refractivity contribution < 1.29 is 22.3 Å². The van der Waals surface area contributed by atoms with Crippen molar-refractivity contribution in [1.82, 2.24) is 25.1 Å². The van der Waals surface area contributed by atoms with E-state index < -0.39 is 10.0 Å². The van der Waals surface area contributed by atoms with Gasteiger partial charge in [0.15, 0.2) is 11.6 Å². The molecule has 10 nitrogen and oxygen atoms in total. The topological polar surface area (TPSA) is 109 Å². The summed E-state index contributed by atoms with van der Waals surface area (Å²) in [6.45, 7) is 4.06. The van der Waals surface area contributed by atoms with Gasteiger partial charge in [-0.3, -0.25) is 10.4 Å². The molecule has 0 radical (unpaired) electrons. The van der Waals surface area contributed by atoms with Gasteiger partial charge in [0.25, 0.3) is 0 Å². The number of rotatable bonds is 7. The molecule has 4 aliphatic rings. The van der Waals surface area contributed by atoms with Gasteiger partial charge in [-0.05, 0) is 37.3 Å². The lowest BCUT2D eigenvalue weighted by Gasteiger charge is -2.59. The molecular formula is C26H33Cl2FN6O4S. The Morgan fingerprint density at radius 2 is 1.80 bits per heavy atom. The minimum atomic E-state index is -3.18. The van der Waals surface area contributed by atoms with Gasteiger partial charge in [0.2, 0.25) is 10.0 Å². The maximum absolute atomic E-state index is 15.3. The van der Waals surface area contributed by atoms with Gasteiger partial charge in [0.1, 0.15) is 0 Å². The van der Waals surface area contributed by atoms with Gasteiger partial charge < -0.3 is 14.4 Å². The zero-order chi connectivity index (χ0) is 28.4. The van der Waals surface area contributed by atoms with Crippen molar-refractivity contribution in [2.75, 3.05) is 44.4 Å². The molecule has 14 heteroatoms. The zero-order valence-corrected chi connectivity index (χ0v) is 24.8. The van der Waals surface area contributed by atoms with Crippen LogP contribution < -0.4 is 15.8 Å². The summed E-state index contributed by atoms with van der Waals surface area (Å²) >= 11 is 12.7. The Hall–Kier alpha value is -1.64. The molecule has 2 aromatic rings. The van der Waals surface area contributed by atoms with Crippen molar-refractivity contribution in [3.05, 3.63) is 51.6 Å². The third kappa shape index (κ3) is 5.11. The van der Waals surface area contributed by atoms with Crippen LogP contribution in [0.3, 0.4) is 0 Å². The van der Waals surface area contributed by atoms with Gasteiger partial charge in [-0.1, -0.05) is 23.2 Å². The number of hydrogen-bond donors (Lipinski definition) is 2. The second-order valence-corrected chi connectivity index (χ2v) is 14.4. The van der Waals surface area contributed by atoms with Crippen molar-refractivity contribution in [1.29, 1.82) is 0 Å². The van der Waals surface area contributed by atoms with E-state index in [1.807, 2.05) is 11.8 Å². The van der Waals surface area contributed by atoms with Crippen LogP contribution in [0.25, 0.3) is 0 Å². The van der Waals surface area contributed by atoms with Crippen LogP contribution >= 0.6 is 23.2 Å². The van der Waals surface area contributed by atoms with E-state index in [0.29, 0.717) is 60.4 Å². The zero-order valence-electron chi connectivity index (χ0n) is 22.5. The van der Waals surface area contributed by atoms with E-state index in [9.17, 15) is 8.42 Å². The fourth-order valence-electron chi connectivity index (χ4n) is 6.76. The average molecular weight is 616 g/mol. The summed E-state index contributed by atoms with van der Waals surface area (Å²) < 4.78 is 52.5. The second-order valence-electron chi connectivity index (χ2n) is 11.6. The molecule has 3 saturated heterocycles. The lowest BCUT2D eigenvalue weighted by atomic mass is 9.74. The van der Waals surface area contributed by atoms with Crippen molar-refractivity contribution >= 4 is 39.0 Å². The monoisotopic (exact) mass is 614 g/mol.